The number of rotatable bonds is 2. The number of Topliss-reactive ketones (excluding diaryl/α,β-unsaturated/α-hetero) is 2. The van der Waals surface area contributed by atoms with Gasteiger partial charge in [-0.15, -0.1) is 34.0 Å². The van der Waals surface area contributed by atoms with Crippen LogP contribution in [0.25, 0.3) is 41.6 Å². The summed E-state index contributed by atoms with van der Waals surface area (Å²) in [6.45, 7) is 0. The molecule has 5 aliphatic carbocycles. The maximum Gasteiger partial charge on any atom is 0.194 e. The van der Waals surface area contributed by atoms with Crippen molar-refractivity contribution >= 4 is 87.2 Å². The number of allylic oxidation sites excluding steroid dienone is 11. The van der Waals surface area contributed by atoms with Crippen LogP contribution in [0, 0.1) is 45.3 Å². The molecule has 254 valence electrons. The van der Waals surface area contributed by atoms with Crippen LogP contribution in [0.4, 0.5) is 0 Å². The van der Waals surface area contributed by atoms with Crippen molar-refractivity contribution in [2.24, 2.45) is 0 Å². The van der Waals surface area contributed by atoms with Crippen molar-refractivity contribution < 1.29 is 9.59 Å². The molecule has 0 bridgehead atoms. The highest BCUT2D eigenvalue weighted by Gasteiger charge is 2.49. The molecule has 0 amide bonds. The van der Waals surface area contributed by atoms with Gasteiger partial charge in [0.1, 0.15) is 35.4 Å². The van der Waals surface area contributed by atoms with Crippen LogP contribution in [0.5, 0.6) is 0 Å². The molecule has 0 unspecified atom stereocenters. The lowest BCUT2D eigenvalue weighted by molar-refractivity contribution is 0.103. The second kappa shape index (κ2) is 11.9. The van der Waals surface area contributed by atoms with Crippen molar-refractivity contribution in [3.05, 3.63) is 138 Å². The minimum absolute atomic E-state index is 0.0530. The molecule has 5 aromatic rings. The molecule has 3 aromatic heterocycles. The van der Waals surface area contributed by atoms with Gasteiger partial charge in [-0.05, 0) is 70.9 Å². The van der Waals surface area contributed by atoms with Crippen LogP contribution in [-0.4, -0.2) is 11.6 Å². The summed E-state index contributed by atoms with van der Waals surface area (Å²) < 4.78 is 4.93. The van der Waals surface area contributed by atoms with E-state index in [9.17, 15) is 30.6 Å². The van der Waals surface area contributed by atoms with Gasteiger partial charge in [-0.2, -0.15) is 21.0 Å². The Balaban J connectivity index is 1.07. The van der Waals surface area contributed by atoms with Gasteiger partial charge in [0.2, 0.25) is 0 Å². The topological polar surface area (TPSA) is 129 Å². The zero-order valence-electron chi connectivity index (χ0n) is 28.5. The molecule has 5 aliphatic rings. The van der Waals surface area contributed by atoms with E-state index in [-0.39, 0.29) is 28.1 Å². The predicted octanol–water partition coefficient (Wildman–Crippen LogP) is 11.2. The number of fused-ring (bicyclic) bond motifs is 10. The number of benzene rings is 2. The van der Waals surface area contributed by atoms with E-state index in [2.05, 4.69) is 12.1 Å². The summed E-state index contributed by atoms with van der Waals surface area (Å²) in [5.41, 5.74) is 8.81. The van der Waals surface area contributed by atoms with E-state index in [1.807, 2.05) is 83.4 Å². The lowest BCUT2D eigenvalue weighted by Crippen LogP contribution is -2.28. The predicted molar refractivity (Wildman–Crippen MR) is 213 cm³/mol. The molecule has 0 atom stereocenters. The zero-order chi connectivity index (χ0) is 36.9. The number of carbonyl (C=O) groups is 2. The molecule has 1 spiro atoms. The molecule has 6 nitrogen and oxygen atoms in total. The van der Waals surface area contributed by atoms with Crippen molar-refractivity contribution in [1.82, 2.24) is 0 Å². The van der Waals surface area contributed by atoms with Gasteiger partial charge in [0.15, 0.2) is 11.6 Å². The largest absolute Gasteiger partial charge is 0.289 e. The molecule has 0 N–H and O–H groups in total. The normalized spacial score (nSPS) is 19.2. The lowest BCUT2D eigenvalue weighted by atomic mass is 9.67. The Hall–Kier alpha value is -6.20. The fourth-order valence-corrected chi connectivity index (χ4v) is 13.8. The molecular formula is C45H24N4O2S3. The third-order valence-corrected chi connectivity index (χ3v) is 15.4. The number of thiophene rings is 3. The lowest BCUT2D eigenvalue weighted by Gasteiger charge is -2.36. The van der Waals surface area contributed by atoms with Crippen LogP contribution in [-0.2, 0) is 5.41 Å². The molecule has 54 heavy (non-hydrogen) atoms. The van der Waals surface area contributed by atoms with Gasteiger partial charge >= 0.3 is 0 Å². The quantitative estimate of drug-likeness (QED) is 0.130. The number of nitrogens with zero attached hydrogens (tertiary/aromatic N) is 4. The molecule has 0 radical (unpaired) electrons. The number of hydrogen-bond acceptors (Lipinski definition) is 9. The van der Waals surface area contributed by atoms with E-state index in [4.69, 9.17) is 0 Å². The zero-order valence-corrected chi connectivity index (χ0v) is 31.0. The smallest absolute Gasteiger partial charge is 0.194 e. The molecule has 0 saturated heterocycles. The third kappa shape index (κ3) is 4.32. The number of ketones is 2. The Morgan fingerprint density at radius 3 is 1.83 bits per heavy atom. The van der Waals surface area contributed by atoms with Crippen molar-refractivity contribution in [2.75, 3.05) is 0 Å². The van der Waals surface area contributed by atoms with Gasteiger partial charge in [0, 0.05) is 53.3 Å². The summed E-state index contributed by atoms with van der Waals surface area (Å²) in [5.74, 6) is -0.338. The van der Waals surface area contributed by atoms with Gasteiger partial charge in [-0.1, -0.05) is 73.9 Å². The summed E-state index contributed by atoms with van der Waals surface area (Å²) in [5, 5.41) is 39.3. The van der Waals surface area contributed by atoms with Gasteiger partial charge in [0.05, 0.1) is 14.1 Å². The average molecular weight is 749 g/mol. The first-order chi connectivity index (χ1) is 26.4. The Morgan fingerprint density at radius 1 is 0.667 bits per heavy atom. The van der Waals surface area contributed by atoms with Crippen molar-refractivity contribution in [3.8, 4) is 24.3 Å². The maximum absolute atomic E-state index is 13.7. The molecule has 9 heteroatoms. The van der Waals surface area contributed by atoms with E-state index in [1.54, 1.807) is 35.6 Å². The van der Waals surface area contributed by atoms with Gasteiger partial charge in [0.25, 0.3) is 0 Å². The number of nitriles is 4. The van der Waals surface area contributed by atoms with Crippen LogP contribution < -0.4 is 0 Å². The fraction of sp³-hybridized carbons (Fsp3) is 0.156. The summed E-state index contributed by atoms with van der Waals surface area (Å²) in [4.78, 5) is 29.6. The minimum Gasteiger partial charge on any atom is -0.289 e. The molecule has 3 heterocycles. The maximum atomic E-state index is 13.7. The minimum atomic E-state index is -0.180. The summed E-state index contributed by atoms with van der Waals surface area (Å²) >= 11 is 5.29. The fourth-order valence-electron chi connectivity index (χ4n) is 9.29. The standard InChI is InChI=1S/C45H24N4O2S3/c46-19-24(20-47)36-27-8-2-4-10-29(27)39(50)32(36)15-23-14-31-34(16-23)45(12-6-1-7-13-45)38-41(31)54-44-42-35(53-43(38)44)18-26(52-42)17-33-37(25(21-48)22-49)28-9-3-5-11-30(28)40(33)51/h2-5,8-11,15-18H,1,6-7,12-14H2/b32-15-,33-17+. The first-order valence-electron chi connectivity index (χ1n) is 17.7. The van der Waals surface area contributed by atoms with E-state index >= 15 is 0 Å². The molecule has 2 aromatic carbocycles. The van der Waals surface area contributed by atoms with Crippen molar-refractivity contribution in [1.29, 1.82) is 21.0 Å². The highest BCUT2D eigenvalue weighted by molar-refractivity contribution is 7.39. The van der Waals surface area contributed by atoms with Crippen LogP contribution >= 0.6 is 34.0 Å². The molecule has 0 aliphatic heterocycles. The van der Waals surface area contributed by atoms with Crippen LogP contribution in [0.2, 0.25) is 0 Å². The van der Waals surface area contributed by atoms with Crippen LogP contribution in [0.1, 0.15) is 85.7 Å². The summed E-state index contributed by atoms with van der Waals surface area (Å²) in [6.07, 6.45) is 12.3. The van der Waals surface area contributed by atoms with E-state index < -0.39 is 0 Å². The SMILES string of the molecule is N#CC(C#N)=C1/C(=C/C2=CC3=C(C2)c2sc4c(sc5cc(/C=C6/C(=O)c7ccccc7C6=C(C#N)C#N)sc54)c2C32CCCCC2)C(=O)c2ccccc21. The van der Waals surface area contributed by atoms with Crippen molar-refractivity contribution in [3.63, 3.8) is 0 Å². The Bertz CT molecular complexity index is 2990. The Morgan fingerprint density at radius 2 is 1.24 bits per heavy atom. The molecular weight excluding hydrogens is 725 g/mol. The van der Waals surface area contributed by atoms with Gasteiger partial charge in [-0.3, -0.25) is 9.59 Å². The van der Waals surface area contributed by atoms with E-state index in [0.717, 1.165) is 40.8 Å². The van der Waals surface area contributed by atoms with Crippen molar-refractivity contribution in [2.45, 2.75) is 43.9 Å². The number of hydrogen-bond donors (Lipinski definition) is 0. The van der Waals surface area contributed by atoms with Crippen LogP contribution in [0.15, 0.2) is 100 Å². The monoisotopic (exact) mass is 748 g/mol. The Labute approximate surface area is 322 Å². The summed E-state index contributed by atoms with van der Waals surface area (Å²) in [6, 6.07) is 24.6. The highest BCUT2D eigenvalue weighted by Crippen LogP contribution is 2.64. The van der Waals surface area contributed by atoms with Gasteiger partial charge < -0.3 is 0 Å². The Kier molecular flexibility index (Phi) is 7.16. The first-order valence-corrected chi connectivity index (χ1v) is 20.1. The molecule has 1 fully saturated rings. The molecule has 1 saturated carbocycles. The van der Waals surface area contributed by atoms with Crippen LogP contribution in [0.3, 0.4) is 0 Å². The second-order valence-electron chi connectivity index (χ2n) is 14.2. The highest BCUT2D eigenvalue weighted by atomic mass is 32.1. The molecule has 10 rings (SSSR count). The van der Waals surface area contributed by atoms with Gasteiger partial charge in [-0.25, -0.2) is 0 Å². The number of carbonyl (C=O) groups excluding carboxylic acids is 2. The van der Waals surface area contributed by atoms with E-state index in [0.29, 0.717) is 51.0 Å². The average Bonchev–Trinajstić information content (AvgIpc) is 4.05. The first kappa shape index (κ1) is 32.5. The summed E-state index contributed by atoms with van der Waals surface area (Å²) in [7, 11) is 0. The second-order valence-corrected chi connectivity index (χ2v) is 17.3. The van der Waals surface area contributed by atoms with E-state index in [1.165, 1.54) is 42.1 Å². The third-order valence-electron chi connectivity index (χ3n) is 11.5.